The van der Waals surface area contributed by atoms with Gasteiger partial charge >= 0.3 is 0 Å². The molecular formula is C10H8FNO. The second kappa shape index (κ2) is 3.11. The number of aromatic nitrogens is 1. The number of nitrogens with zero attached hydrogens (tertiary/aromatic N) is 1. The summed E-state index contributed by atoms with van der Waals surface area (Å²) in [5.74, 6) is -0.553. The highest BCUT2D eigenvalue weighted by Gasteiger charge is 2.03. The minimum absolute atomic E-state index is 0.167. The van der Waals surface area contributed by atoms with E-state index in [1.807, 2.05) is 12.1 Å². The molecule has 0 aliphatic carbocycles. The molecule has 1 aromatic heterocycles. The first-order valence-electron chi connectivity index (χ1n) is 3.96. The highest BCUT2D eigenvalue weighted by atomic mass is 19.1. The van der Waals surface area contributed by atoms with Crippen molar-refractivity contribution in [2.45, 2.75) is 6.61 Å². The zero-order valence-corrected chi connectivity index (χ0v) is 6.87. The third kappa shape index (κ3) is 1.38. The molecule has 0 saturated carbocycles. The first-order valence-corrected chi connectivity index (χ1v) is 3.96. The average molecular weight is 177 g/mol. The summed E-state index contributed by atoms with van der Waals surface area (Å²) in [5, 5.41) is 9.76. The molecule has 0 unspecified atom stereocenters. The summed E-state index contributed by atoms with van der Waals surface area (Å²) in [6.45, 7) is -0.167. The van der Waals surface area contributed by atoms with Gasteiger partial charge < -0.3 is 5.11 Å². The lowest BCUT2D eigenvalue weighted by Gasteiger charge is -2.02. The van der Waals surface area contributed by atoms with Crippen LogP contribution in [0.4, 0.5) is 4.39 Å². The first kappa shape index (κ1) is 8.13. The molecule has 1 N–H and O–H groups in total. The number of hydrogen-bond donors (Lipinski definition) is 1. The maximum absolute atomic E-state index is 12.9. The molecule has 66 valence electrons. The Bertz CT molecular complexity index is 442. The topological polar surface area (TPSA) is 33.1 Å². The van der Waals surface area contributed by atoms with Crippen LogP contribution in [0.3, 0.4) is 0 Å². The minimum atomic E-state index is -0.553. The van der Waals surface area contributed by atoms with E-state index < -0.39 is 5.95 Å². The second-order valence-electron chi connectivity index (χ2n) is 2.78. The quantitative estimate of drug-likeness (QED) is 0.674. The lowest BCUT2D eigenvalue weighted by atomic mass is 10.1. The van der Waals surface area contributed by atoms with Crippen molar-refractivity contribution in [3.05, 3.63) is 41.8 Å². The van der Waals surface area contributed by atoms with E-state index in [0.717, 1.165) is 5.39 Å². The standard InChI is InChI=1S/C10H8FNO/c11-10-5-7(6-13)8-3-1-2-4-9(8)12-10/h1-5,13H,6H2. The summed E-state index contributed by atoms with van der Waals surface area (Å²) in [7, 11) is 0. The fourth-order valence-electron chi connectivity index (χ4n) is 1.34. The summed E-state index contributed by atoms with van der Waals surface area (Å²) in [4.78, 5) is 3.71. The molecular weight excluding hydrogens is 169 g/mol. The SMILES string of the molecule is OCc1cc(F)nc2ccccc12. The van der Waals surface area contributed by atoms with Gasteiger partial charge in [-0.3, -0.25) is 0 Å². The number of halogens is 1. The van der Waals surface area contributed by atoms with Gasteiger partial charge in [0.05, 0.1) is 12.1 Å². The molecule has 1 aromatic carbocycles. The van der Waals surface area contributed by atoms with E-state index in [9.17, 15) is 4.39 Å². The number of fused-ring (bicyclic) bond motifs is 1. The molecule has 2 rings (SSSR count). The van der Waals surface area contributed by atoms with Gasteiger partial charge in [-0.15, -0.1) is 0 Å². The van der Waals surface area contributed by atoms with Crippen molar-refractivity contribution in [2.24, 2.45) is 0 Å². The largest absolute Gasteiger partial charge is 0.392 e. The predicted molar refractivity (Wildman–Crippen MR) is 47.6 cm³/mol. The number of aliphatic hydroxyl groups excluding tert-OH is 1. The van der Waals surface area contributed by atoms with Crippen LogP contribution in [0.25, 0.3) is 10.9 Å². The van der Waals surface area contributed by atoms with Crippen molar-refractivity contribution in [1.29, 1.82) is 0 Å². The van der Waals surface area contributed by atoms with E-state index in [1.165, 1.54) is 6.07 Å². The maximum atomic E-state index is 12.9. The molecule has 0 saturated heterocycles. The fraction of sp³-hybridized carbons (Fsp3) is 0.100. The Hall–Kier alpha value is -1.48. The van der Waals surface area contributed by atoms with E-state index >= 15 is 0 Å². The summed E-state index contributed by atoms with van der Waals surface area (Å²) in [6, 6.07) is 8.41. The smallest absolute Gasteiger partial charge is 0.213 e. The van der Waals surface area contributed by atoms with Crippen molar-refractivity contribution in [3.8, 4) is 0 Å². The lowest BCUT2D eigenvalue weighted by Crippen LogP contribution is -1.91. The third-order valence-electron chi connectivity index (χ3n) is 1.94. The van der Waals surface area contributed by atoms with Crippen molar-refractivity contribution < 1.29 is 9.50 Å². The normalized spacial score (nSPS) is 10.6. The van der Waals surface area contributed by atoms with E-state index in [-0.39, 0.29) is 6.61 Å². The van der Waals surface area contributed by atoms with Gasteiger partial charge in [0.25, 0.3) is 0 Å². The van der Waals surface area contributed by atoms with Gasteiger partial charge in [0.2, 0.25) is 5.95 Å². The van der Waals surface area contributed by atoms with Crippen molar-refractivity contribution in [2.75, 3.05) is 0 Å². The molecule has 0 atom stereocenters. The van der Waals surface area contributed by atoms with E-state index in [1.54, 1.807) is 12.1 Å². The van der Waals surface area contributed by atoms with Gasteiger partial charge in [0.15, 0.2) is 0 Å². The van der Waals surface area contributed by atoms with Gasteiger partial charge in [-0.1, -0.05) is 18.2 Å². The van der Waals surface area contributed by atoms with Crippen molar-refractivity contribution >= 4 is 10.9 Å². The molecule has 3 heteroatoms. The molecule has 2 aromatic rings. The minimum Gasteiger partial charge on any atom is -0.392 e. The molecule has 1 heterocycles. The number of pyridine rings is 1. The van der Waals surface area contributed by atoms with Gasteiger partial charge in [0.1, 0.15) is 0 Å². The summed E-state index contributed by atoms with van der Waals surface area (Å²) < 4.78 is 12.9. The van der Waals surface area contributed by atoms with E-state index in [2.05, 4.69) is 4.98 Å². The second-order valence-corrected chi connectivity index (χ2v) is 2.78. The summed E-state index contributed by atoms with van der Waals surface area (Å²) in [6.07, 6.45) is 0. The van der Waals surface area contributed by atoms with Crippen LogP contribution < -0.4 is 0 Å². The fourth-order valence-corrected chi connectivity index (χ4v) is 1.34. The Morgan fingerprint density at radius 2 is 2.08 bits per heavy atom. The highest BCUT2D eigenvalue weighted by Crippen LogP contribution is 2.17. The first-order chi connectivity index (χ1) is 6.31. The number of para-hydroxylation sites is 1. The molecule has 2 nitrogen and oxygen atoms in total. The van der Waals surface area contributed by atoms with Crippen LogP contribution in [0.1, 0.15) is 5.56 Å². The van der Waals surface area contributed by atoms with E-state index in [4.69, 9.17) is 5.11 Å². The maximum Gasteiger partial charge on any atom is 0.213 e. The molecule has 0 aliphatic rings. The van der Waals surface area contributed by atoms with Crippen LogP contribution in [0.5, 0.6) is 0 Å². The molecule has 0 spiro atoms. The van der Waals surface area contributed by atoms with E-state index in [0.29, 0.717) is 11.1 Å². The Balaban J connectivity index is 2.81. The Morgan fingerprint density at radius 3 is 2.85 bits per heavy atom. The van der Waals surface area contributed by atoms with Crippen LogP contribution in [0.2, 0.25) is 0 Å². The molecule has 0 bridgehead atoms. The van der Waals surface area contributed by atoms with Crippen molar-refractivity contribution in [1.82, 2.24) is 4.98 Å². The van der Waals surface area contributed by atoms with Crippen LogP contribution in [-0.4, -0.2) is 10.1 Å². The number of benzene rings is 1. The third-order valence-corrected chi connectivity index (χ3v) is 1.94. The average Bonchev–Trinajstić information content (AvgIpc) is 2.16. The van der Waals surface area contributed by atoms with Gasteiger partial charge in [-0.05, 0) is 17.7 Å². The van der Waals surface area contributed by atoms with Gasteiger partial charge in [-0.2, -0.15) is 4.39 Å². The molecule has 13 heavy (non-hydrogen) atoms. The Morgan fingerprint density at radius 1 is 1.31 bits per heavy atom. The van der Waals surface area contributed by atoms with Crippen LogP contribution in [0.15, 0.2) is 30.3 Å². The molecule has 0 radical (unpaired) electrons. The number of aliphatic hydroxyl groups is 1. The highest BCUT2D eigenvalue weighted by molar-refractivity contribution is 5.81. The molecule has 0 aliphatic heterocycles. The number of rotatable bonds is 1. The predicted octanol–water partition coefficient (Wildman–Crippen LogP) is 1.87. The summed E-state index contributed by atoms with van der Waals surface area (Å²) in [5.41, 5.74) is 1.15. The Kier molecular flexibility index (Phi) is 1.94. The van der Waals surface area contributed by atoms with Gasteiger partial charge in [0, 0.05) is 5.39 Å². The Labute approximate surface area is 74.7 Å². The molecule has 0 fully saturated rings. The van der Waals surface area contributed by atoms with Crippen LogP contribution >= 0.6 is 0 Å². The molecule has 0 amide bonds. The number of hydrogen-bond acceptors (Lipinski definition) is 2. The van der Waals surface area contributed by atoms with Crippen molar-refractivity contribution in [3.63, 3.8) is 0 Å². The zero-order chi connectivity index (χ0) is 9.26. The zero-order valence-electron chi connectivity index (χ0n) is 6.87. The van der Waals surface area contributed by atoms with Crippen LogP contribution in [0, 0.1) is 5.95 Å². The monoisotopic (exact) mass is 177 g/mol. The van der Waals surface area contributed by atoms with Gasteiger partial charge in [-0.25, -0.2) is 4.98 Å². The van der Waals surface area contributed by atoms with Crippen LogP contribution in [-0.2, 0) is 6.61 Å². The summed E-state index contributed by atoms with van der Waals surface area (Å²) >= 11 is 0. The lowest BCUT2D eigenvalue weighted by molar-refractivity contribution is 0.282.